The number of rotatable bonds is 7. The summed E-state index contributed by atoms with van der Waals surface area (Å²) in [6.07, 6.45) is 0.159. The predicted octanol–water partition coefficient (Wildman–Crippen LogP) is 2.99. The monoisotopic (exact) mass is 495 g/mol. The van der Waals surface area contributed by atoms with Crippen molar-refractivity contribution in [1.29, 1.82) is 0 Å². The van der Waals surface area contributed by atoms with Gasteiger partial charge in [-0.25, -0.2) is 17.9 Å². The van der Waals surface area contributed by atoms with Gasteiger partial charge in [0.25, 0.3) is 10.0 Å². The lowest BCUT2D eigenvalue weighted by Gasteiger charge is -2.25. The van der Waals surface area contributed by atoms with Crippen molar-refractivity contribution in [2.24, 2.45) is 0 Å². The van der Waals surface area contributed by atoms with E-state index in [1.165, 1.54) is 11.0 Å². The number of nitrogens with zero attached hydrogens (tertiary/aromatic N) is 1. The fraction of sp³-hybridized carbons (Fsp3) is 0.200. The highest BCUT2D eigenvalue weighted by Crippen LogP contribution is 2.35. The summed E-state index contributed by atoms with van der Waals surface area (Å²) in [6.45, 7) is 1.73. The molecule has 0 bridgehead atoms. The van der Waals surface area contributed by atoms with Gasteiger partial charge in [0.2, 0.25) is 12.7 Å². The van der Waals surface area contributed by atoms with E-state index in [-0.39, 0.29) is 18.1 Å². The van der Waals surface area contributed by atoms with Gasteiger partial charge in [0.1, 0.15) is 6.04 Å². The molecule has 3 amide bonds. The lowest BCUT2D eigenvalue weighted by atomic mass is 10.0. The Bertz CT molecular complexity index is 1340. The Labute approximate surface area is 203 Å². The number of anilines is 1. The van der Waals surface area contributed by atoms with Gasteiger partial charge >= 0.3 is 6.03 Å². The van der Waals surface area contributed by atoms with Crippen LogP contribution in [0.2, 0.25) is 0 Å². The van der Waals surface area contributed by atoms with Gasteiger partial charge in [-0.1, -0.05) is 48.5 Å². The minimum absolute atomic E-state index is 0.0152. The van der Waals surface area contributed by atoms with Crippen molar-refractivity contribution in [1.82, 2.24) is 10.0 Å². The molecule has 0 spiro atoms. The summed E-state index contributed by atoms with van der Waals surface area (Å²) in [5.74, 6) is 0.655. The maximum atomic E-state index is 13.4. The highest BCUT2D eigenvalue weighted by Gasteiger charge is 2.28. The highest BCUT2D eigenvalue weighted by atomic mass is 32.2. The predicted molar refractivity (Wildman–Crippen MR) is 130 cm³/mol. The molecule has 0 radical (unpaired) electrons. The van der Waals surface area contributed by atoms with Gasteiger partial charge in [-0.05, 0) is 36.2 Å². The van der Waals surface area contributed by atoms with Gasteiger partial charge in [-0.2, -0.15) is 0 Å². The summed E-state index contributed by atoms with van der Waals surface area (Å²) < 4.78 is 38.2. The standard InChI is InChI=1S/C25H25N3O6S/c1-17-8-6-7-11-23(17)35(31,32)27-25(30)26-20(14-18-9-4-3-5-10-18)24(29)28(2)19-12-13-21-22(15-19)34-16-33-21/h3-13,15,20H,14,16H2,1-2H3,(H2,26,27,30)/t20-/m0/s1. The minimum Gasteiger partial charge on any atom is -0.454 e. The molecule has 0 fully saturated rings. The summed E-state index contributed by atoms with van der Waals surface area (Å²) in [4.78, 5) is 27.6. The number of hydrogen-bond donors (Lipinski definition) is 2. The first kappa shape index (κ1) is 24.1. The van der Waals surface area contributed by atoms with E-state index < -0.39 is 28.0 Å². The number of urea groups is 1. The Morgan fingerprint density at radius 2 is 1.66 bits per heavy atom. The molecule has 4 rings (SSSR count). The fourth-order valence-electron chi connectivity index (χ4n) is 3.73. The Kier molecular flexibility index (Phi) is 6.92. The number of aryl methyl sites for hydroxylation is 1. The first-order chi connectivity index (χ1) is 16.7. The number of sulfonamides is 1. The van der Waals surface area contributed by atoms with Crippen molar-refractivity contribution < 1.29 is 27.5 Å². The Hall–Kier alpha value is -4.05. The molecular formula is C25H25N3O6S. The van der Waals surface area contributed by atoms with E-state index in [9.17, 15) is 18.0 Å². The van der Waals surface area contributed by atoms with Crippen LogP contribution < -0.4 is 24.4 Å². The van der Waals surface area contributed by atoms with E-state index in [1.54, 1.807) is 50.4 Å². The zero-order valence-corrected chi connectivity index (χ0v) is 20.0. The molecule has 1 aliphatic rings. The van der Waals surface area contributed by atoms with E-state index in [1.807, 2.05) is 35.1 Å². The van der Waals surface area contributed by atoms with Crippen LogP contribution in [0.15, 0.2) is 77.7 Å². The van der Waals surface area contributed by atoms with E-state index >= 15 is 0 Å². The van der Waals surface area contributed by atoms with Crippen LogP contribution in [0, 0.1) is 6.92 Å². The van der Waals surface area contributed by atoms with Gasteiger partial charge in [0.15, 0.2) is 11.5 Å². The molecule has 10 heteroatoms. The molecule has 3 aromatic rings. The molecular weight excluding hydrogens is 470 g/mol. The Morgan fingerprint density at radius 1 is 0.971 bits per heavy atom. The molecule has 9 nitrogen and oxygen atoms in total. The second kappa shape index (κ2) is 10.1. The Balaban J connectivity index is 1.55. The number of carbonyl (C=O) groups excluding carboxylic acids is 2. The van der Waals surface area contributed by atoms with Crippen molar-refractivity contribution in [3.8, 4) is 11.5 Å². The van der Waals surface area contributed by atoms with Gasteiger partial charge < -0.3 is 19.7 Å². The molecule has 2 N–H and O–H groups in total. The molecule has 3 aromatic carbocycles. The smallest absolute Gasteiger partial charge is 0.329 e. The molecule has 0 aliphatic carbocycles. The molecule has 0 saturated carbocycles. The maximum Gasteiger partial charge on any atom is 0.329 e. The molecule has 35 heavy (non-hydrogen) atoms. The van der Waals surface area contributed by atoms with Crippen LogP contribution in [-0.4, -0.2) is 40.2 Å². The molecule has 1 atom stereocenters. The van der Waals surface area contributed by atoms with Crippen molar-refractivity contribution in [3.05, 3.63) is 83.9 Å². The van der Waals surface area contributed by atoms with Crippen molar-refractivity contribution in [2.45, 2.75) is 24.3 Å². The summed E-state index contributed by atoms with van der Waals surface area (Å²) >= 11 is 0. The lowest BCUT2D eigenvalue weighted by molar-refractivity contribution is -0.120. The van der Waals surface area contributed by atoms with E-state index in [2.05, 4.69) is 5.32 Å². The maximum absolute atomic E-state index is 13.4. The highest BCUT2D eigenvalue weighted by molar-refractivity contribution is 7.90. The van der Waals surface area contributed by atoms with Crippen molar-refractivity contribution in [3.63, 3.8) is 0 Å². The van der Waals surface area contributed by atoms with E-state index in [4.69, 9.17) is 9.47 Å². The largest absolute Gasteiger partial charge is 0.454 e. The van der Waals surface area contributed by atoms with Gasteiger partial charge in [0.05, 0.1) is 4.90 Å². The van der Waals surface area contributed by atoms with Gasteiger partial charge in [0, 0.05) is 25.2 Å². The van der Waals surface area contributed by atoms with Crippen LogP contribution in [0.25, 0.3) is 0 Å². The molecule has 0 unspecified atom stereocenters. The first-order valence-corrected chi connectivity index (χ1v) is 12.3. The molecule has 1 heterocycles. The van der Waals surface area contributed by atoms with Crippen LogP contribution in [0.3, 0.4) is 0 Å². The number of benzene rings is 3. The second-order valence-corrected chi connectivity index (χ2v) is 9.67. The SMILES string of the molecule is Cc1ccccc1S(=O)(=O)NC(=O)N[C@@H](Cc1ccccc1)C(=O)N(C)c1ccc2c(c1)OCO2. The third-order valence-corrected chi connectivity index (χ3v) is 7.06. The third kappa shape index (κ3) is 5.55. The number of fused-ring (bicyclic) bond motifs is 1. The van der Waals surface area contributed by atoms with E-state index in [0.717, 1.165) is 5.56 Å². The number of likely N-dealkylation sites (N-methyl/N-ethyl adjacent to an activating group) is 1. The zero-order valence-electron chi connectivity index (χ0n) is 19.2. The summed E-state index contributed by atoms with van der Waals surface area (Å²) in [5.41, 5.74) is 1.83. The van der Waals surface area contributed by atoms with Gasteiger partial charge in [-0.15, -0.1) is 0 Å². The minimum atomic E-state index is -4.13. The van der Waals surface area contributed by atoms with Crippen molar-refractivity contribution >= 4 is 27.6 Å². The first-order valence-electron chi connectivity index (χ1n) is 10.8. The number of hydrogen-bond acceptors (Lipinski definition) is 6. The summed E-state index contributed by atoms with van der Waals surface area (Å²) in [7, 11) is -2.56. The average molecular weight is 496 g/mol. The number of amides is 3. The van der Waals surface area contributed by atoms with Crippen LogP contribution in [0.5, 0.6) is 11.5 Å². The normalized spacial score (nSPS) is 13.1. The van der Waals surface area contributed by atoms with E-state index in [0.29, 0.717) is 22.7 Å². The summed E-state index contributed by atoms with van der Waals surface area (Å²) in [5, 5.41) is 2.54. The number of carbonyl (C=O) groups is 2. The topological polar surface area (TPSA) is 114 Å². The fourth-order valence-corrected chi connectivity index (χ4v) is 4.89. The quantitative estimate of drug-likeness (QED) is 0.521. The van der Waals surface area contributed by atoms with Crippen molar-refractivity contribution in [2.75, 3.05) is 18.7 Å². The number of ether oxygens (including phenoxy) is 2. The van der Waals surface area contributed by atoms with Gasteiger partial charge in [-0.3, -0.25) is 4.79 Å². The van der Waals surface area contributed by atoms with Crippen LogP contribution in [0.4, 0.5) is 10.5 Å². The second-order valence-electron chi connectivity index (χ2n) is 8.02. The van der Waals surface area contributed by atoms with Crippen LogP contribution in [-0.2, 0) is 21.2 Å². The molecule has 0 aromatic heterocycles. The summed E-state index contributed by atoms with van der Waals surface area (Å²) in [6, 6.07) is 18.5. The third-order valence-electron chi connectivity index (χ3n) is 5.57. The lowest BCUT2D eigenvalue weighted by Crippen LogP contribution is -2.52. The zero-order chi connectivity index (χ0) is 25.0. The molecule has 1 aliphatic heterocycles. The molecule has 182 valence electrons. The van der Waals surface area contributed by atoms with Crippen LogP contribution >= 0.6 is 0 Å². The average Bonchev–Trinajstić information content (AvgIpc) is 3.31. The number of nitrogens with one attached hydrogen (secondary N) is 2. The van der Waals surface area contributed by atoms with Crippen LogP contribution in [0.1, 0.15) is 11.1 Å². The molecule has 0 saturated heterocycles. The Morgan fingerprint density at radius 3 is 2.40 bits per heavy atom.